The van der Waals surface area contributed by atoms with Gasteiger partial charge in [0.05, 0.1) is 12.6 Å². The summed E-state index contributed by atoms with van der Waals surface area (Å²) in [5, 5.41) is 11.6. The molecule has 0 aliphatic carbocycles. The van der Waals surface area contributed by atoms with Gasteiger partial charge in [0.2, 0.25) is 0 Å². The molecule has 1 fully saturated rings. The fraction of sp³-hybridized carbons (Fsp3) is 0.833. The molecule has 1 rings (SSSR count). The molecule has 1 heterocycles. The van der Waals surface area contributed by atoms with E-state index < -0.39 is 12.0 Å². The van der Waals surface area contributed by atoms with Crippen LogP contribution in [-0.4, -0.2) is 54.4 Å². The van der Waals surface area contributed by atoms with Gasteiger partial charge in [0.15, 0.2) is 0 Å². The van der Waals surface area contributed by atoms with Crippen molar-refractivity contribution in [2.75, 3.05) is 20.3 Å². The van der Waals surface area contributed by atoms with E-state index >= 15 is 0 Å². The SMILES string of the molecule is CCCC[C@H](NC(=O)N(C)C1CCOC1)C(=O)O. The fourth-order valence-corrected chi connectivity index (χ4v) is 1.91. The van der Waals surface area contributed by atoms with Crippen LogP contribution in [0.15, 0.2) is 0 Å². The van der Waals surface area contributed by atoms with Crippen LogP contribution in [0, 0.1) is 0 Å². The molecule has 6 nitrogen and oxygen atoms in total. The van der Waals surface area contributed by atoms with Gasteiger partial charge in [-0.3, -0.25) is 0 Å². The van der Waals surface area contributed by atoms with Crippen LogP contribution in [0.3, 0.4) is 0 Å². The van der Waals surface area contributed by atoms with E-state index in [1.54, 1.807) is 7.05 Å². The highest BCUT2D eigenvalue weighted by Crippen LogP contribution is 2.11. The molecular weight excluding hydrogens is 236 g/mol. The summed E-state index contributed by atoms with van der Waals surface area (Å²) in [5.74, 6) is -0.979. The third-order valence-electron chi connectivity index (χ3n) is 3.22. The quantitative estimate of drug-likeness (QED) is 0.746. The third kappa shape index (κ3) is 4.18. The number of nitrogens with zero attached hydrogens (tertiary/aromatic N) is 1. The first-order valence-corrected chi connectivity index (χ1v) is 6.40. The summed E-state index contributed by atoms with van der Waals surface area (Å²) in [6.07, 6.45) is 2.96. The zero-order valence-electron chi connectivity index (χ0n) is 11.0. The summed E-state index contributed by atoms with van der Waals surface area (Å²) in [6, 6.07) is -1.10. The smallest absolute Gasteiger partial charge is 0.326 e. The van der Waals surface area contributed by atoms with E-state index in [4.69, 9.17) is 9.84 Å². The molecule has 1 unspecified atom stereocenters. The first-order valence-electron chi connectivity index (χ1n) is 6.40. The molecule has 1 aliphatic rings. The predicted octanol–water partition coefficient (Wildman–Crippen LogP) is 1.06. The largest absolute Gasteiger partial charge is 0.480 e. The molecule has 0 radical (unpaired) electrons. The molecular formula is C12H22N2O4. The number of ether oxygens (including phenoxy) is 1. The van der Waals surface area contributed by atoms with E-state index in [-0.39, 0.29) is 12.1 Å². The van der Waals surface area contributed by atoms with E-state index in [1.165, 1.54) is 4.90 Å². The van der Waals surface area contributed by atoms with Crippen LogP contribution < -0.4 is 5.32 Å². The van der Waals surface area contributed by atoms with Crippen molar-refractivity contribution in [3.8, 4) is 0 Å². The Balaban J connectivity index is 2.46. The number of hydrogen-bond acceptors (Lipinski definition) is 3. The van der Waals surface area contributed by atoms with Gasteiger partial charge in [0, 0.05) is 13.7 Å². The lowest BCUT2D eigenvalue weighted by Crippen LogP contribution is -2.50. The Labute approximate surface area is 107 Å². The number of amides is 2. The van der Waals surface area contributed by atoms with Crippen molar-refractivity contribution in [2.45, 2.75) is 44.7 Å². The first kappa shape index (κ1) is 14.8. The number of carbonyl (C=O) groups is 2. The summed E-state index contributed by atoms with van der Waals surface area (Å²) in [5.41, 5.74) is 0. The Hall–Kier alpha value is -1.30. The molecule has 0 saturated carbocycles. The van der Waals surface area contributed by atoms with Gasteiger partial charge in [-0.25, -0.2) is 9.59 Å². The Morgan fingerprint density at radius 1 is 1.56 bits per heavy atom. The van der Waals surface area contributed by atoms with Crippen molar-refractivity contribution in [1.82, 2.24) is 10.2 Å². The molecule has 104 valence electrons. The van der Waals surface area contributed by atoms with E-state index in [1.807, 2.05) is 6.92 Å². The summed E-state index contributed by atoms with van der Waals surface area (Å²) in [7, 11) is 1.67. The molecule has 2 N–H and O–H groups in total. The van der Waals surface area contributed by atoms with Gasteiger partial charge in [-0.15, -0.1) is 0 Å². The number of nitrogens with one attached hydrogen (secondary N) is 1. The molecule has 0 aromatic carbocycles. The summed E-state index contributed by atoms with van der Waals surface area (Å²) < 4.78 is 5.21. The minimum absolute atomic E-state index is 0.0469. The lowest BCUT2D eigenvalue weighted by molar-refractivity contribution is -0.139. The average molecular weight is 258 g/mol. The first-order chi connectivity index (χ1) is 8.56. The fourth-order valence-electron chi connectivity index (χ4n) is 1.91. The highest BCUT2D eigenvalue weighted by molar-refractivity contribution is 5.82. The number of carboxylic acids is 1. The van der Waals surface area contributed by atoms with Crippen LogP contribution >= 0.6 is 0 Å². The van der Waals surface area contributed by atoms with Crippen molar-refractivity contribution in [3.05, 3.63) is 0 Å². The maximum atomic E-state index is 11.9. The Morgan fingerprint density at radius 2 is 2.28 bits per heavy atom. The highest BCUT2D eigenvalue weighted by atomic mass is 16.5. The average Bonchev–Trinajstić information content (AvgIpc) is 2.86. The van der Waals surface area contributed by atoms with Gasteiger partial charge in [0.1, 0.15) is 6.04 Å². The van der Waals surface area contributed by atoms with Crippen LogP contribution in [0.2, 0.25) is 0 Å². The number of urea groups is 1. The summed E-state index contributed by atoms with van der Waals surface area (Å²) in [6.45, 7) is 3.17. The Bertz CT molecular complexity index is 290. The highest BCUT2D eigenvalue weighted by Gasteiger charge is 2.27. The molecule has 1 saturated heterocycles. The zero-order valence-corrected chi connectivity index (χ0v) is 11.0. The van der Waals surface area contributed by atoms with Crippen molar-refractivity contribution in [2.24, 2.45) is 0 Å². The maximum absolute atomic E-state index is 11.9. The van der Waals surface area contributed by atoms with E-state index in [9.17, 15) is 9.59 Å². The van der Waals surface area contributed by atoms with Gasteiger partial charge < -0.3 is 20.1 Å². The topological polar surface area (TPSA) is 78.9 Å². The minimum atomic E-state index is -0.979. The van der Waals surface area contributed by atoms with Crippen molar-refractivity contribution in [1.29, 1.82) is 0 Å². The van der Waals surface area contributed by atoms with E-state index in [2.05, 4.69) is 5.32 Å². The monoisotopic (exact) mass is 258 g/mol. The lowest BCUT2D eigenvalue weighted by Gasteiger charge is -2.25. The minimum Gasteiger partial charge on any atom is -0.480 e. The van der Waals surface area contributed by atoms with Gasteiger partial charge in [-0.1, -0.05) is 19.8 Å². The van der Waals surface area contributed by atoms with Gasteiger partial charge in [0.25, 0.3) is 0 Å². The molecule has 1 aliphatic heterocycles. The molecule has 18 heavy (non-hydrogen) atoms. The van der Waals surface area contributed by atoms with Gasteiger partial charge in [-0.05, 0) is 12.8 Å². The third-order valence-corrected chi connectivity index (χ3v) is 3.22. The molecule has 0 aromatic rings. The van der Waals surface area contributed by atoms with Crippen molar-refractivity contribution < 1.29 is 19.4 Å². The number of carbonyl (C=O) groups excluding carboxylic acids is 1. The predicted molar refractivity (Wildman–Crippen MR) is 66.5 cm³/mol. The Kier molecular flexibility index (Phi) is 5.91. The number of likely N-dealkylation sites (N-methyl/N-ethyl adjacent to an activating group) is 1. The Morgan fingerprint density at radius 3 is 2.78 bits per heavy atom. The van der Waals surface area contributed by atoms with Crippen molar-refractivity contribution in [3.63, 3.8) is 0 Å². The maximum Gasteiger partial charge on any atom is 0.326 e. The van der Waals surface area contributed by atoms with Gasteiger partial charge >= 0.3 is 12.0 Å². The molecule has 0 bridgehead atoms. The second-order valence-electron chi connectivity index (χ2n) is 4.61. The summed E-state index contributed by atoms with van der Waals surface area (Å²) >= 11 is 0. The number of unbranched alkanes of at least 4 members (excludes halogenated alkanes) is 1. The normalized spacial score (nSPS) is 20.4. The number of aliphatic carboxylic acids is 1. The second kappa shape index (κ2) is 7.20. The van der Waals surface area contributed by atoms with Crippen LogP contribution in [0.4, 0.5) is 4.79 Å². The second-order valence-corrected chi connectivity index (χ2v) is 4.61. The summed E-state index contributed by atoms with van der Waals surface area (Å²) in [4.78, 5) is 24.5. The zero-order chi connectivity index (χ0) is 13.5. The van der Waals surface area contributed by atoms with Crippen LogP contribution in [-0.2, 0) is 9.53 Å². The van der Waals surface area contributed by atoms with Crippen LogP contribution in [0.1, 0.15) is 32.6 Å². The van der Waals surface area contributed by atoms with Crippen LogP contribution in [0.25, 0.3) is 0 Å². The van der Waals surface area contributed by atoms with Gasteiger partial charge in [-0.2, -0.15) is 0 Å². The molecule has 6 heteroatoms. The number of rotatable bonds is 6. The van der Waals surface area contributed by atoms with Crippen LogP contribution in [0.5, 0.6) is 0 Å². The molecule has 2 atom stereocenters. The molecule has 0 aromatic heterocycles. The standard InChI is InChI=1S/C12H22N2O4/c1-3-4-5-10(11(15)16)13-12(17)14(2)9-6-7-18-8-9/h9-10H,3-8H2,1-2H3,(H,13,17)(H,15,16)/t9?,10-/m0/s1. The molecule has 2 amide bonds. The molecule has 0 spiro atoms. The van der Waals surface area contributed by atoms with E-state index in [0.29, 0.717) is 19.6 Å². The van der Waals surface area contributed by atoms with Crippen molar-refractivity contribution >= 4 is 12.0 Å². The number of hydrogen-bond donors (Lipinski definition) is 2. The lowest BCUT2D eigenvalue weighted by atomic mass is 10.1. The van der Waals surface area contributed by atoms with E-state index in [0.717, 1.165) is 19.3 Å². The number of carboxylic acid groups (broad SMARTS) is 1.